The Kier molecular flexibility index (Phi) is 6.95. The molecule has 2 amide bonds. The van der Waals surface area contributed by atoms with Crippen molar-refractivity contribution in [3.05, 3.63) is 70.1 Å². The lowest BCUT2D eigenvalue weighted by Gasteiger charge is -2.22. The van der Waals surface area contributed by atoms with Crippen LogP contribution in [0.25, 0.3) is 11.0 Å². The van der Waals surface area contributed by atoms with E-state index in [1.807, 2.05) is 13.8 Å². The van der Waals surface area contributed by atoms with E-state index in [-0.39, 0.29) is 18.1 Å². The minimum absolute atomic E-state index is 0.0981. The Morgan fingerprint density at radius 2 is 1.75 bits per heavy atom. The molecule has 1 aromatic heterocycles. The predicted molar refractivity (Wildman–Crippen MR) is 122 cm³/mol. The average Bonchev–Trinajstić information content (AvgIpc) is 2.73. The molecule has 2 atom stereocenters. The summed E-state index contributed by atoms with van der Waals surface area (Å²) in [6.07, 6.45) is 0.199. The van der Waals surface area contributed by atoms with Gasteiger partial charge in [-0.15, -0.1) is 0 Å². The van der Waals surface area contributed by atoms with Gasteiger partial charge in [0.05, 0.1) is 6.04 Å². The number of phenolic OH excluding ortho intramolecular Hbond substituents is 1. The Morgan fingerprint density at radius 1 is 1.06 bits per heavy atom. The molecule has 3 aromatic rings. The second-order valence-electron chi connectivity index (χ2n) is 8.15. The minimum Gasteiger partial charge on any atom is -0.508 e. The van der Waals surface area contributed by atoms with Gasteiger partial charge in [0.1, 0.15) is 17.4 Å². The monoisotopic (exact) mass is 437 g/mol. The van der Waals surface area contributed by atoms with Gasteiger partial charge in [0.15, 0.2) is 0 Å². The van der Waals surface area contributed by atoms with E-state index in [1.165, 1.54) is 18.2 Å². The summed E-state index contributed by atoms with van der Waals surface area (Å²) in [6.45, 7) is 5.45. The molecule has 0 fully saturated rings. The molecular weight excluding hydrogens is 410 g/mol. The lowest BCUT2D eigenvalue weighted by molar-refractivity contribution is -0.128. The number of aromatic hydroxyl groups is 1. The molecule has 0 saturated carbocycles. The summed E-state index contributed by atoms with van der Waals surface area (Å²) in [7, 11) is 0. The van der Waals surface area contributed by atoms with Crippen LogP contribution < -0.4 is 22.0 Å². The zero-order valence-electron chi connectivity index (χ0n) is 18.2. The van der Waals surface area contributed by atoms with Crippen molar-refractivity contribution in [2.45, 2.75) is 39.3 Å². The van der Waals surface area contributed by atoms with Crippen molar-refractivity contribution in [2.24, 2.45) is 11.7 Å². The highest BCUT2D eigenvalue weighted by Gasteiger charge is 2.26. The maximum atomic E-state index is 13.1. The smallest absolute Gasteiger partial charge is 0.336 e. The number of carbonyl (C=O) groups excluding carboxylic acids is 2. The van der Waals surface area contributed by atoms with Gasteiger partial charge in [-0.3, -0.25) is 9.59 Å². The number of aryl methyl sites for hydroxylation is 1. The molecule has 1 heterocycles. The second-order valence-corrected chi connectivity index (χ2v) is 8.15. The van der Waals surface area contributed by atoms with Crippen LogP contribution in [0.1, 0.15) is 25.0 Å². The first-order chi connectivity index (χ1) is 15.1. The van der Waals surface area contributed by atoms with E-state index in [4.69, 9.17) is 10.2 Å². The number of anilines is 1. The van der Waals surface area contributed by atoms with Crippen molar-refractivity contribution < 1.29 is 19.1 Å². The summed E-state index contributed by atoms with van der Waals surface area (Å²) >= 11 is 0. The maximum Gasteiger partial charge on any atom is 0.336 e. The van der Waals surface area contributed by atoms with Gasteiger partial charge in [-0.25, -0.2) is 4.79 Å². The Bertz CT molecular complexity index is 1180. The topological polar surface area (TPSA) is 135 Å². The van der Waals surface area contributed by atoms with Gasteiger partial charge < -0.3 is 25.9 Å². The van der Waals surface area contributed by atoms with Gasteiger partial charge in [-0.05, 0) is 48.2 Å². The summed E-state index contributed by atoms with van der Waals surface area (Å²) in [5.74, 6) is -0.872. The molecule has 8 nitrogen and oxygen atoms in total. The third-order valence-corrected chi connectivity index (χ3v) is 5.25. The summed E-state index contributed by atoms with van der Waals surface area (Å²) in [4.78, 5) is 37.3. The van der Waals surface area contributed by atoms with Crippen molar-refractivity contribution in [2.75, 3.05) is 5.32 Å². The fraction of sp³-hybridized carbons (Fsp3) is 0.292. The minimum atomic E-state index is -0.906. The number of phenols is 1. The van der Waals surface area contributed by atoms with Gasteiger partial charge in [0.25, 0.3) is 0 Å². The van der Waals surface area contributed by atoms with Crippen LogP contribution in [0.2, 0.25) is 0 Å². The normalized spacial score (nSPS) is 13.0. The Hall–Kier alpha value is -3.65. The SMILES string of the molecule is Cc1cc(=O)oc2cc(NC(=O)[C@H](Cc3ccc(O)cc3)NC(=O)[C@@H](N)C(C)C)ccc12. The second kappa shape index (κ2) is 9.65. The fourth-order valence-corrected chi connectivity index (χ4v) is 3.28. The number of nitrogens with one attached hydrogen (secondary N) is 2. The van der Waals surface area contributed by atoms with Gasteiger partial charge in [-0.1, -0.05) is 26.0 Å². The molecule has 0 aliphatic rings. The number of rotatable bonds is 7. The Morgan fingerprint density at radius 3 is 2.41 bits per heavy atom. The van der Waals surface area contributed by atoms with Crippen LogP contribution in [0, 0.1) is 12.8 Å². The van der Waals surface area contributed by atoms with E-state index in [0.29, 0.717) is 11.3 Å². The lowest BCUT2D eigenvalue weighted by Crippen LogP contribution is -2.52. The molecule has 2 aromatic carbocycles. The number of benzene rings is 2. The van der Waals surface area contributed by atoms with Crippen molar-refractivity contribution >= 4 is 28.5 Å². The average molecular weight is 437 g/mol. The highest BCUT2D eigenvalue weighted by atomic mass is 16.4. The highest BCUT2D eigenvalue weighted by Crippen LogP contribution is 2.21. The Labute approximate surface area is 185 Å². The molecule has 0 aliphatic carbocycles. The molecule has 0 aliphatic heterocycles. The molecule has 168 valence electrons. The van der Waals surface area contributed by atoms with Crippen LogP contribution in [-0.4, -0.2) is 29.0 Å². The van der Waals surface area contributed by atoms with Crippen LogP contribution in [0.4, 0.5) is 5.69 Å². The number of amides is 2. The molecule has 32 heavy (non-hydrogen) atoms. The largest absolute Gasteiger partial charge is 0.508 e. The molecule has 0 unspecified atom stereocenters. The van der Waals surface area contributed by atoms with E-state index in [1.54, 1.807) is 37.3 Å². The van der Waals surface area contributed by atoms with E-state index in [0.717, 1.165) is 16.5 Å². The third kappa shape index (κ3) is 5.53. The highest BCUT2D eigenvalue weighted by molar-refractivity contribution is 5.99. The number of hydrogen-bond donors (Lipinski definition) is 4. The first kappa shape index (κ1) is 23.0. The van der Waals surface area contributed by atoms with Crippen molar-refractivity contribution in [1.29, 1.82) is 0 Å². The lowest BCUT2D eigenvalue weighted by atomic mass is 10.0. The van der Waals surface area contributed by atoms with Gasteiger partial charge >= 0.3 is 5.63 Å². The number of carbonyl (C=O) groups is 2. The van der Waals surface area contributed by atoms with Crippen LogP contribution in [0.15, 0.2) is 57.7 Å². The van der Waals surface area contributed by atoms with Gasteiger partial charge in [0, 0.05) is 29.6 Å². The van der Waals surface area contributed by atoms with Crippen LogP contribution in [-0.2, 0) is 16.0 Å². The zero-order valence-corrected chi connectivity index (χ0v) is 18.2. The first-order valence-electron chi connectivity index (χ1n) is 10.3. The summed E-state index contributed by atoms with van der Waals surface area (Å²) in [5.41, 5.74) is 7.78. The standard InChI is InChI=1S/C24H27N3O5/c1-13(2)22(25)24(31)27-19(11-15-4-7-17(28)8-5-15)23(30)26-16-6-9-18-14(3)10-21(29)32-20(18)12-16/h4-10,12-13,19,22,28H,11,25H2,1-3H3,(H,26,30)(H,27,31)/t19-,22-/m0/s1. The van der Waals surface area contributed by atoms with Crippen LogP contribution in [0.5, 0.6) is 5.75 Å². The zero-order chi connectivity index (χ0) is 23.4. The third-order valence-electron chi connectivity index (χ3n) is 5.25. The first-order valence-corrected chi connectivity index (χ1v) is 10.3. The number of fused-ring (bicyclic) bond motifs is 1. The Balaban J connectivity index is 1.85. The summed E-state index contributed by atoms with van der Waals surface area (Å²) < 4.78 is 5.24. The molecule has 0 bridgehead atoms. The molecule has 0 spiro atoms. The molecular formula is C24H27N3O5. The summed E-state index contributed by atoms with van der Waals surface area (Å²) in [6, 6.07) is 11.1. The summed E-state index contributed by atoms with van der Waals surface area (Å²) in [5, 5.41) is 15.8. The molecule has 5 N–H and O–H groups in total. The van der Waals surface area contributed by atoms with E-state index < -0.39 is 29.5 Å². The molecule has 0 saturated heterocycles. The maximum absolute atomic E-state index is 13.1. The van der Waals surface area contributed by atoms with Crippen molar-refractivity contribution in [1.82, 2.24) is 5.32 Å². The number of nitrogens with two attached hydrogens (primary N) is 1. The van der Waals surface area contributed by atoms with E-state index >= 15 is 0 Å². The number of hydrogen-bond acceptors (Lipinski definition) is 6. The van der Waals surface area contributed by atoms with Crippen LogP contribution >= 0.6 is 0 Å². The van der Waals surface area contributed by atoms with Gasteiger partial charge in [0.2, 0.25) is 11.8 Å². The quantitative estimate of drug-likeness (QED) is 0.420. The van der Waals surface area contributed by atoms with Gasteiger partial charge in [-0.2, -0.15) is 0 Å². The predicted octanol–water partition coefficient (Wildman–Crippen LogP) is 2.46. The van der Waals surface area contributed by atoms with E-state index in [9.17, 15) is 19.5 Å². The van der Waals surface area contributed by atoms with E-state index in [2.05, 4.69) is 10.6 Å². The van der Waals surface area contributed by atoms with Crippen LogP contribution in [0.3, 0.4) is 0 Å². The fourth-order valence-electron chi connectivity index (χ4n) is 3.28. The molecule has 0 radical (unpaired) electrons. The van der Waals surface area contributed by atoms with Crippen molar-refractivity contribution in [3.63, 3.8) is 0 Å². The molecule has 8 heteroatoms. The molecule has 3 rings (SSSR count). The van der Waals surface area contributed by atoms with Crippen molar-refractivity contribution in [3.8, 4) is 5.75 Å².